The number of hydrogen-bond acceptors (Lipinski definition) is 3. The molecular weight excluding hydrogens is 236 g/mol. The standard InChI is InChI=1S/C16H26N2O/c1-3-17-15(16-13-18(2)11-12-19-16)10-9-14-7-5-4-6-8-14/h4-8,15-17H,3,9-13H2,1-2H3. The van der Waals surface area contributed by atoms with E-state index in [2.05, 4.69) is 54.5 Å². The summed E-state index contributed by atoms with van der Waals surface area (Å²) in [6, 6.07) is 11.2. The topological polar surface area (TPSA) is 24.5 Å². The zero-order chi connectivity index (χ0) is 13.5. The van der Waals surface area contributed by atoms with E-state index < -0.39 is 0 Å². The Morgan fingerprint density at radius 3 is 2.84 bits per heavy atom. The molecular formula is C16H26N2O. The average Bonchev–Trinajstić information content (AvgIpc) is 2.44. The molecule has 3 nitrogen and oxygen atoms in total. The SMILES string of the molecule is CCNC(CCc1ccccc1)C1CN(C)CCO1. The summed E-state index contributed by atoms with van der Waals surface area (Å²) in [5.41, 5.74) is 1.41. The van der Waals surface area contributed by atoms with Gasteiger partial charge in [0.15, 0.2) is 0 Å². The number of nitrogens with zero attached hydrogens (tertiary/aromatic N) is 1. The summed E-state index contributed by atoms with van der Waals surface area (Å²) in [6.07, 6.45) is 2.57. The zero-order valence-corrected chi connectivity index (χ0v) is 12.1. The van der Waals surface area contributed by atoms with Crippen LogP contribution in [0.15, 0.2) is 30.3 Å². The molecule has 0 aromatic heterocycles. The van der Waals surface area contributed by atoms with Crippen molar-refractivity contribution in [2.45, 2.75) is 31.9 Å². The van der Waals surface area contributed by atoms with E-state index in [1.54, 1.807) is 0 Å². The molecule has 1 saturated heterocycles. The lowest BCUT2D eigenvalue weighted by Crippen LogP contribution is -2.51. The van der Waals surface area contributed by atoms with Crippen LogP contribution in [0.1, 0.15) is 18.9 Å². The van der Waals surface area contributed by atoms with Crippen LogP contribution in [0.25, 0.3) is 0 Å². The Balaban J connectivity index is 1.88. The van der Waals surface area contributed by atoms with Crippen molar-refractivity contribution < 1.29 is 4.74 Å². The number of likely N-dealkylation sites (N-methyl/N-ethyl adjacent to an activating group) is 2. The summed E-state index contributed by atoms with van der Waals surface area (Å²) >= 11 is 0. The molecule has 0 saturated carbocycles. The summed E-state index contributed by atoms with van der Waals surface area (Å²) in [6.45, 7) is 6.11. The van der Waals surface area contributed by atoms with E-state index in [4.69, 9.17) is 4.74 Å². The van der Waals surface area contributed by atoms with Gasteiger partial charge in [0, 0.05) is 19.1 Å². The first kappa shape index (κ1) is 14.5. The van der Waals surface area contributed by atoms with Gasteiger partial charge in [0.1, 0.15) is 0 Å². The minimum absolute atomic E-state index is 0.322. The normalized spacial score (nSPS) is 22.3. The number of aryl methyl sites for hydroxylation is 1. The van der Waals surface area contributed by atoms with Gasteiger partial charge in [0.2, 0.25) is 0 Å². The van der Waals surface area contributed by atoms with Crippen molar-refractivity contribution in [1.82, 2.24) is 10.2 Å². The lowest BCUT2D eigenvalue weighted by molar-refractivity contribution is -0.0395. The van der Waals surface area contributed by atoms with Gasteiger partial charge in [-0.3, -0.25) is 0 Å². The third-order valence-electron chi connectivity index (χ3n) is 3.80. The summed E-state index contributed by atoms with van der Waals surface area (Å²) in [5, 5.41) is 3.59. The molecule has 19 heavy (non-hydrogen) atoms. The fraction of sp³-hybridized carbons (Fsp3) is 0.625. The highest BCUT2D eigenvalue weighted by Crippen LogP contribution is 2.13. The van der Waals surface area contributed by atoms with E-state index in [0.29, 0.717) is 12.1 Å². The Morgan fingerprint density at radius 1 is 1.37 bits per heavy atom. The zero-order valence-electron chi connectivity index (χ0n) is 12.1. The van der Waals surface area contributed by atoms with Crippen molar-refractivity contribution in [2.75, 3.05) is 33.3 Å². The highest BCUT2D eigenvalue weighted by Gasteiger charge is 2.25. The van der Waals surface area contributed by atoms with E-state index in [-0.39, 0.29) is 0 Å². The fourth-order valence-electron chi connectivity index (χ4n) is 2.70. The molecule has 1 aliphatic heterocycles. The summed E-state index contributed by atoms with van der Waals surface area (Å²) in [4.78, 5) is 2.36. The molecule has 1 aromatic rings. The van der Waals surface area contributed by atoms with Crippen molar-refractivity contribution in [3.8, 4) is 0 Å². The highest BCUT2D eigenvalue weighted by atomic mass is 16.5. The van der Waals surface area contributed by atoms with Crippen LogP contribution in [0.2, 0.25) is 0 Å². The molecule has 106 valence electrons. The van der Waals surface area contributed by atoms with Gasteiger partial charge in [-0.25, -0.2) is 0 Å². The Hall–Kier alpha value is -0.900. The molecule has 2 unspecified atom stereocenters. The number of rotatable bonds is 6. The maximum absolute atomic E-state index is 5.95. The predicted molar refractivity (Wildman–Crippen MR) is 79.5 cm³/mol. The Kier molecular flexibility index (Phi) is 5.83. The van der Waals surface area contributed by atoms with E-state index in [9.17, 15) is 0 Å². The first-order valence-corrected chi connectivity index (χ1v) is 7.37. The lowest BCUT2D eigenvalue weighted by atomic mass is 10.00. The second-order valence-corrected chi connectivity index (χ2v) is 5.36. The van der Waals surface area contributed by atoms with Crippen LogP contribution >= 0.6 is 0 Å². The lowest BCUT2D eigenvalue weighted by Gasteiger charge is -2.35. The molecule has 2 rings (SSSR count). The molecule has 1 heterocycles. The molecule has 0 spiro atoms. The van der Waals surface area contributed by atoms with Crippen LogP contribution in [0.3, 0.4) is 0 Å². The molecule has 2 atom stereocenters. The van der Waals surface area contributed by atoms with Crippen LogP contribution in [-0.4, -0.2) is 50.3 Å². The second kappa shape index (κ2) is 7.63. The van der Waals surface area contributed by atoms with Crippen molar-refractivity contribution in [3.05, 3.63) is 35.9 Å². The van der Waals surface area contributed by atoms with Crippen LogP contribution in [0.4, 0.5) is 0 Å². The van der Waals surface area contributed by atoms with Crippen LogP contribution in [0, 0.1) is 0 Å². The maximum atomic E-state index is 5.95. The highest BCUT2D eigenvalue weighted by molar-refractivity contribution is 5.14. The maximum Gasteiger partial charge on any atom is 0.0855 e. The largest absolute Gasteiger partial charge is 0.374 e. The number of morpholine rings is 1. The molecule has 0 aliphatic carbocycles. The minimum Gasteiger partial charge on any atom is -0.374 e. The first-order chi connectivity index (χ1) is 9.29. The van der Waals surface area contributed by atoms with Gasteiger partial charge in [-0.1, -0.05) is 37.3 Å². The van der Waals surface area contributed by atoms with Crippen molar-refractivity contribution in [1.29, 1.82) is 0 Å². The summed E-state index contributed by atoms with van der Waals surface area (Å²) in [7, 11) is 2.18. The Morgan fingerprint density at radius 2 is 2.16 bits per heavy atom. The molecule has 1 N–H and O–H groups in total. The quantitative estimate of drug-likeness (QED) is 0.848. The van der Waals surface area contributed by atoms with Gasteiger partial charge in [-0.2, -0.15) is 0 Å². The molecule has 0 amide bonds. The van der Waals surface area contributed by atoms with Crippen molar-refractivity contribution in [3.63, 3.8) is 0 Å². The molecule has 1 aromatic carbocycles. The van der Waals surface area contributed by atoms with Gasteiger partial charge in [-0.15, -0.1) is 0 Å². The molecule has 3 heteroatoms. The van der Waals surface area contributed by atoms with E-state index in [1.165, 1.54) is 5.56 Å². The third kappa shape index (κ3) is 4.60. The van der Waals surface area contributed by atoms with Crippen molar-refractivity contribution >= 4 is 0 Å². The molecule has 0 radical (unpaired) electrons. The minimum atomic E-state index is 0.322. The molecule has 1 aliphatic rings. The van der Waals surface area contributed by atoms with E-state index in [1.807, 2.05) is 0 Å². The van der Waals surface area contributed by atoms with Gasteiger partial charge in [-0.05, 0) is 32.0 Å². The van der Waals surface area contributed by atoms with Gasteiger partial charge >= 0.3 is 0 Å². The Bertz CT molecular complexity index is 355. The Labute approximate surface area is 116 Å². The summed E-state index contributed by atoms with van der Waals surface area (Å²) in [5.74, 6) is 0. The number of ether oxygens (including phenoxy) is 1. The first-order valence-electron chi connectivity index (χ1n) is 7.37. The van der Waals surface area contributed by atoms with Crippen LogP contribution < -0.4 is 5.32 Å². The predicted octanol–water partition coefficient (Wildman–Crippen LogP) is 1.93. The van der Waals surface area contributed by atoms with Crippen molar-refractivity contribution in [2.24, 2.45) is 0 Å². The molecule has 1 fully saturated rings. The van der Waals surface area contributed by atoms with Crippen LogP contribution in [-0.2, 0) is 11.2 Å². The van der Waals surface area contributed by atoms with Gasteiger partial charge in [0.25, 0.3) is 0 Å². The fourth-order valence-corrected chi connectivity index (χ4v) is 2.70. The van der Waals surface area contributed by atoms with Crippen LogP contribution in [0.5, 0.6) is 0 Å². The third-order valence-corrected chi connectivity index (χ3v) is 3.80. The number of benzene rings is 1. The molecule has 0 bridgehead atoms. The van der Waals surface area contributed by atoms with Gasteiger partial charge < -0.3 is 15.0 Å². The van der Waals surface area contributed by atoms with E-state index in [0.717, 1.165) is 39.1 Å². The average molecular weight is 262 g/mol. The number of hydrogen-bond donors (Lipinski definition) is 1. The second-order valence-electron chi connectivity index (χ2n) is 5.36. The van der Waals surface area contributed by atoms with E-state index >= 15 is 0 Å². The van der Waals surface area contributed by atoms with Gasteiger partial charge in [0.05, 0.1) is 12.7 Å². The monoisotopic (exact) mass is 262 g/mol. The smallest absolute Gasteiger partial charge is 0.0855 e. The summed E-state index contributed by atoms with van der Waals surface area (Å²) < 4.78 is 5.95. The number of nitrogens with one attached hydrogen (secondary N) is 1.